The van der Waals surface area contributed by atoms with E-state index in [9.17, 15) is 4.79 Å². The van der Waals surface area contributed by atoms with E-state index in [1.54, 1.807) is 0 Å². The highest BCUT2D eigenvalue weighted by Gasteiger charge is 2.26. The van der Waals surface area contributed by atoms with Crippen molar-refractivity contribution in [2.75, 3.05) is 13.7 Å². The summed E-state index contributed by atoms with van der Waals surface area (Å²) in [6, 6.07) is 18.2. The molecule has 3 nitrogen and oxygen atoms in total. The summed E-state index contributed by atoms with van der Waals surface area (Å²) < 4.78 is 11.0. The number of aryl methyl sites for hydroxylation is 1. The van der Waals surface area contributed by atoms with Crippen molar-refractivity contribution in [2.45, 2.75) is 26.4 Å². The maximum absolute atomic E-state index is 12.2. The van der Waals surface area contributed by atoms with Gasteiger partial charge in [0.1, 0.15) is 6.10 Å². The molecule has 2 aromatic rings. The maximum Gasteiger partial charge on any atom is 0.334 e. The number of ether oxygens (including phenoxy) is 2. The molecule has 134 valence electrons. The van der Waals surface area contributed by atoms with Crippen molar-refractivity contribution in [3.05, 3.63) is 88.0 Å². The average molecular weight is 348 g/mol. The second-order valence-electron chi connectivity index (χ2n) is 6.64. The fraction of sp³-hybridized carbons (Fsp3) is 0.261. The van der Waals surface area contributed by atoms with Gasteiger partial charge in [-0.1, -0.05) is 60.2 Å². The first-order valence-electron chi connectivity index (χ1n) is 8.79. The number of methoxy groups -OCH3 is 1. The van der Waals surface area contributed by atoms with Gasteiger partial charge in [-0.2, -0.15) is 0 Å². The number of carbonyl (C=O) groups excluding carboxylic acids is 1. The number of benzene rings is 2. The van der Waals surface area contributed by atoms with Gasteiger partial charge in [0.05, 0.1) is 13.7 Å². The lowest BCUT2D eigenvalue weighted by molar-refractivity contribution is -0.136. The van der Waals surface area contributed by atoms with Gasteiger partial charge >= 0.3 is 5.97 Å². The van der Waals surface area contributed by atoms with Gasteiger partial charge in [-0.05, 0) is 42.2 Å². The van der Waals surface area contributed by atoms with Crippen LogP contribution in [0.5, 0.6) is 0 Å². The molecule has 0 aliphatic carbocycles. The third-order valence-electron chi connectivity index (χ3n) is 4.75. The lowest BCUT2D eigenvalue weighted by atomic mass is 9.95. The zero-order valence-electron chi connectivity index (χ0n) is 15.5. The summed E-state index contributed by atoms with van der Waals surface area (Å²) in [5.74, 6) is -0.298. The van der Waals surface area contributed by atoms with Crippen molar-refractivity contribution in [3.63, 3.8) is 0 Å². The molecule has 1 atom stereocenters. The molecule has 1 unspecified atom stereocenters. The van der Waals surface area contributed by atoms with Gasteiger partial charge in [-0.3, -0.25) is 0 Å². The topological polar surface area (TPSA) is 35.5 Å². The SMILES string of the molecule is COC(=O)/C(=C/c1ccccc1)CC1=C(C)C(c2ccc(C)cc2)OC1. The van der Waals surface area contributed by atoms with Crippen molar-refractivity contribution in [1.82, 2.24) is 0 Å². The Bertz CT molecular complexity index is 830. The molecule has 1 aliphatic heterocycles. The van der Waals surface area contributed by atoms with Gasteiger partial charge in [-0.15, -0.1) is 0 Å². The first kappa shape index (κ1) is 18.2. The highest BCUT2D eigenvalue weighted by molar-refractivity contribution is 5.94. The maximum atomic E-state index is 12.2. The van der Waals surface area contributed by atoms with E-state index in [1.165, 1.54) is 18.2 Å². The van der Waals surface area contributed by atoms with Crippen LogP contribution in [0.15, 0.2) is 71.3 Å². The summed E-state index contributed by atoms with van der Waals surface area (Å²) in [7, 11) is 1.42. The minimum absolute atomic E-state index is 0.0405. The van der Waals surface area contributed by atoms with Crippen molar-refractivity contribution in [1.29, 1.82) is 0 Å². The minimum Gasteiger partial charge on any atom is -0.466 e. The van der Waals surface area contributed by atoms with E-state index in [-0.39, 0.29) is 12.1 Å². The van der Waals surface area contributed by atoms with Crippen LogP contribution in [0.1, 0.15) is 36.1 Å². The molecule has 0 fully saturated rings. The Kier molecular flexibility index (Phi) is 5.69. The molecule has 0 spiro atoms. The summed E-state index contributed by atoms with van der Waals surface area (Å²) in [4.78, 5) is 12.2. The van der Waals surface area contributed by atoms with E-state index in [2.05, 4.69) is 38.1 Å². The van der Waals surface area contributed by atoms with E-state index < -0.39 is 0 Å². The van der Waals surface area contributed by atoms with E-state index in [4.69, 9.17) is 9.47 Å². The minimum atomic E-state index is -0.298. The van der Waals surface area contributed by atoms with Crippen LogP contribution in [0.25, 0.3) is 6.08 Å². The van der Waals surface area contributed by atoms with Gasteiger partial charge in [0.2, 0.25) is 0 Å². The Balaban J connectivity index is 1.85. The largest absolute Gasteiger partial charge is 0.466 e. The highest BCUT2D eigenvalue weighted by Crippen LogP contribution is 2.36. The van der Waals surface area contributed by atoms with E-state index in [0.29, 0.717) is 18.6 Å². The Morgan fingerprint density at radius 2 is 1.81 bits per heavy atom. The summed E-state index contributed by atoms with van der Waals surface area (Å²) in [5, 5.41) is 0. The predicted octanol–water partition coefficient (Wildman–Crippen LogP) is 5.03. The molecule has 0 bridgehead atoms. The Labute approximate surface area is 155 Å². The fourth-order valence-electron chi connectivity index (χ4n) is 3.18. The van der Waals surface area contributed by atoms with Crippen molar-refractivity contribution in [2.24, 2.45) is 0 Å². The third-order valence-corrected chi connectivity index (χ3v) is 4.75. The molecule has 0 radical (unpaired) electrons. The molecular weight excluding hydrogens is 324 g/mol. The van der Waals surface area contributed by atoms with Crippen LogP contribution >= 0.6 is 0 Å². The predicted molar refractivity (Wildman–Crippen MR) is 104 cm³/mol. The average Bonchev–Trinajstić information content (AvgIpc) is 3.02. The summed E-state index contributed by atoms with van der Waals surface area (Å²) >= 11 is 0. The van der Waals surface area contributed by atoms with Gasteiger partial charge < -0.3 is 9.47 Å². The number of hydrogen-bond donors (Lipinski definition) is 0. The van der Waals surface area contributed by atoms with Crippen LogP contribution in [-0.4, -0.2) is 19.7 Å². The number of carbonyl (C=O) groups is 1. The molecule has 3 rings (SSSR count). The van der Waals surface area contributed by atoms with Crippen LogP contribution in [0.2, 0.25) is 0 Å². The fourth-order valence-corrected chi connectivity index (χ4v) is 3.18. The van der Waals surface area contributed by atoms with Crippen LogP contribution in [-0.2, 0) is 14.3 Å². The quantitative estimate of drug-likeness (QED) is 0.432. The zero-order valence-corrected chi connectivity index (χ0v) is 15.5. The van der Waals surface area contributed by atoms with Crippen molar-refractivity contribution in [3.8, 4) is 0 Å². The van der Waals surface area contributed by atoms with Gasteiger partial charge in [0.15, 0.2) is 0 Å². The van der Waals surface area contributed by atoms with E-state index in [0.717, 1.165) is 16.7 Å². The second kappa shape index (κ2) is 8.15. The van der Waals surface area contributed by atoms with Crippen LogP contribution in [0, 0.1) is 6.92 Å². The summed E-state index contributed by atoms with van der Waals surface area (Å²) in [6.07, 6.45) is 2.39. The smallest absolute Gasteiger partial charge is 0.334 e. The molecule has 0 saturated heterocycles. The summed E-state index contributed by atoms with van der Waals surface area (Å²) in [5.41, 5.74) is 6.32. The first-order chi connectivity index (χ1) is 12.6. The van der Waals surface area contributed by atoms with Crippen LogP contribution in [0.3, 0.4) is 0 Å². The summed E-state index contributed by atoms with van der Waals surface area (Å²) in [6.45, 7) is 4.70. The number of rotatable bonds is 5. The van der Waals surface area contributed by atoms with Crippen LogP contribution < -0.4 is 0 Å². The van der Waals surface area contributed by atoms with E-state index >= 15 is 0 Å². The molecule has 1 heterocycles. The number of hydrogen-bond acceptors (Lipinski definition) is 3. The molecule has 3 heteroatoms. The molecule has 2 aromatic carbocycles. The monoisotopic (exact) mass is 348 g/mol. The molecule has 1 aliphatic rings. The molecule has 0 amide bonds. The molecular formula is C23H24O3. The van der Waals surface area contributed by atoms with Gasteiger partial charge in [-0.25, -0.2) is 4.79 Å². The Hall–Kier alpha value is -2.65. The third kappa shape index (κ3) is 4.12. The normalized spacial score (nSPS) is 17.5. The van der Waals surface area contributed by atoms with Crippen LogP contribution in [0.4, 0.5) is 0 Å². The Morgan fingerprint density at radius 1 is 1.12 bits per heavy atom. The number of esters is 1. The lowest BCUT2D eigenvalue weighted by Gasteiger charge is -2.12. The van der Waals surface area contributed by atoms with Gasteiger partial charge in [0, 0.05) is 12.0 Å². The Morgan fingerprint density at radius 3 is 2.46 bits per heavy atom. The zero-order chi connectivity index (χ0) is 18.5. The molecule has 0 saturated carbocycles. The van der Waals surface area contributed by atoms with Gasteiger partial charge in [0.25, 0.3) is 0 Å². The van der Waals surface area contributed by atoms with E-state index in [1.807, 2.05) is 36.4 Å². The first-order valence-corrected chi connectivity index (χ1v) is 8.79. The molecule has 26 heavy (non-hydrogen) atoms. The van der Waals surface area contributed by atoms with Crippen molar-refractivity contribution >= 4 is 12.0 Å². The lowest BCUT2D eigenvalue weighted by Crippen LogP contribution is -2.06. The second-order valence-corrected chi connectivity index (χ2v) is 6.64. The highest BCUT2D eigenvalue weighted by atomic mass is 16.5. The molecule has 0 aromatic heterocycles. The van der Waals surface area contributed by atoms with Crippen molar-refractivity contribution < 1.29 is 14.3 Å². The molecule has 0 N–H and O–H groups in total. The standard InChI is InChI=1S/C23H24O3/c1-16-9-11-19(12-10-16)22-17(2)21(15-26-22)14-20(23(24)25-3)13-18-7-5-4-6-8-18/h4-13,22H,14-15H2,1-3H3/b20-13+.